The summed E-state index contributed by atoms with van der Waals surface area (Å²) >= 11 is -1.51. The number of rotatable bonds is 3. The van der Waals surface area contributed by atoms with Crippen molar-refractivity contribution >= 4 is 22.9 Å². The largest absolute Gasteiger partial charge is 0.592 e. The van der Waals surface area contributed by atoms with Gasteiger partial charge in [0.05, 0.1) is 17.6 Å². The molecule has 0 amide bonds. The second-order valence-electron chi connectivity index (χ2n) is 5.82. The molecular formula is C17H19NO3S. The highest BCUT2D eigenvalue weighted by atomic mass is 32.2. The van der Waals surface area contributed by atoms with Crippen LogP contribution in [-0.2, 0) is 16.2 Å². The van der Waals surface area contributed by atoms with Gasteiger partial charge in [0, 0.05) is 5.57 Å². The first-order valence-corrected chi connectivity index (χ1v) is 8.02. The van der Waals surface area contributed by atoms with E-state index in [9.17, 15) is 14.5 Å². The van der Waals surface area contributed by atoms with Crippen LogP contribution in [0.2, 0.25) is 0 Å². The lowest BCUT2D eigenvalue weighted by atomic mass is 10.0. The Labute approximate surface area is 133 Å². The van der Waals surface area contributed by atoms with Crippen molar-refractivity contribution in [3.63, 3.8) is 0 Å². The zero-order valence-corrected chi connectivity index (χ0v) is 13.6. The van der Waals surface area contributed by atoms with Crippen molar-refractivity contribution in [2.75, 3.05) is 0 Å². The molecule has 1 aromatic carbocycles. The highest BCUT2D eigenvalue weighted by molar-refractivity contribution is 7.90. The monoisotopic (exact) mass is 317 g/mol. The van der Waals surface area contributed by atoms with Crippen LogP contribution in [0.3, 0.4) is 0 Å². The third kappa shape index (κ3) is 3.43. The highest BCUT2D eigenvalue weighted by Crippen LogP contribution is 2.31. The van der Waals surface area contributed by atoms with Gasteiger partial charge in [-0.3, -0.25) is 0 Å². The predicted octanol–water partition coefficient (Wildman–Crippen LogP) is 3.33. The van der Waals surface area contributed by atoms with E-state index in [0.29, 0.717) is 5.57 Å². The summed E-state index contributed by atoms with van der Waals surface area (Å²) in [5, 5.41) is 9.68. The van der Waals surface area contributed by atoms with Crippen LogP contribution in [-0.4, -0.2) is 24.7 Å². The first kappa shape index (κ1) is 16.4. The lowest BCUT2D eigenvalue weighted by molar-refractivity contribution is -0.133. The van der Waals surface area contributed by atoms with Gasteiger partial charge in [-0.05, 0) is 32.4 Å². The maximum absolute atomic E-state index is 12.7. The molecule has 1 aliphatic heterocycles. The van der Waals surface area contributed by atoms with E-state index in [2.05, 4.69) is 0 Å². The number of carbonyl (C=O) groups is 1. The zero-order valence-electron chi connectivity index (χ0n) is 12.8. The van der Waals surface area contributed by atoms with E-state index in [4.69, 9.17) is 0 Å². The average molecular weight is 317 g/mol. The van der Waals surface area contributed by atoms with E-state index in [0.717, 1.165) is 5.56 Å². The number of hydrogen-bond acceptors (Lipinski definition) is 3. The number of benzene rings is 1. The van der Waals surface area contributed by atoms with Gasteiger partial charge in [-0.2, -0.15) is 4.31 Å². The Kier molecular flexibility index (Phi) is 4.78. The molecule has 116 valence electrons. The van der Waals surface area contributed by atoms with E-state index in [1.165, 1.54) is 4.31 Å². The second-order valence-corrected chi connectivity index (χ2v) is 7.94. The Morgan fingerprint density at radius 3 is 2.36 bits per heavy atom. The van der Waals surface area contributed by atoms with Crippen molar-refractivity contribution < 1.29 is 14.5 Å². The molecule has 1 aliphatic rings. The van der Waals surface area contributed by atoms with Crippen LogP contribution in [0, 0.1) is 0 Å². The van der Waals surface area contributed by atoms with Crippen LogP contribution in [0.5, 0.6) is 0 Å². The summed E-state index contributed by atoms with van der Waals surface area (Å²) in [5.41, 5.74) is 1.33. The Morgan fingerprint density at radius 1 is 1.18 bits per heavy atom. The smallest absolute Gasteiger partial charge is 0.357 e. The molecule has 4 nitrogen and oxygen atoms in total. The Bertz CT molecular complexity index is 642. The quantitative estimate of drug-likeness (QED) is 0.869. The van der Waals surface area contributed by atoms with Gasteiger partial charge in [0.15, 0.2) is 5.70 Å². The summed E-state index contributed by atoms with van der Waals surface area (Å²) in [7, 11) is 0. The van der Waals surface area contributed by atoms with Gasteiger partial charge in [0.25, 0.3) is 0 Å². The molecule has 0 aliphatic carbocycles. The van der Waals surface area contributed by atoms with E-state index in [1.807, 2.05) is 51.1 Å². The van der Waals surface area contributed by atoms with E-state index >= 15 is 0 Å². The molecule has 0 bridgehead atoms. The first-order valence-electron chi connectivity index (χ1n) is 6.91. The van der Waals surface area contributed by atoms with Crippen molar-refractivity contribution in [1.82, 2.24) is 4.31 Å². The van der Waals surface area contributed by atoms with Crippen LogP contribution < -0.4 is 0 Å². The highest BCUT2D eigenvalue weighted by Gasteiger charge is 2.37. The molecule has 0 saturated carbocycles. The van der Waals surface area contributed by atoms with Crippen LogP contribution in [0.15, 0.2) is 60.5 Å². The van der Waals surface area contributed by atoms with E-state index < -0.39 is 22.1 Å². The van der Waals surface area contributed by atoms with Gasteiger partial charge in [-0.25, -0.2) is 4.79 Å². The SMILES string of the molecule is CC(C)(C)[S@@+]([O-])N1C=CC=CC(c2ccccc2)=C1C(=O)O. The minimum atomic E-state index is -1.51. The summed E-state index contributed by atoms with van der Waals surface area (Å²) in [5.74, 6) is -1.10. The fourth-order valence-electron chi connectivity index (χ4n) is 2.05. The van der Waals surface area contributed by atoms with Gasteiger partial charge in [0.2, 0.25) is 0 Å². The molecule has 2 rings (SSSR count). The van der Waals surface area contributed by atoms with Crippen LogP contribution in [0.25, 0.3) is 5.57 Å². The Hall–Kier alpha value is -1.98. The number of aliphatic carboxylic acids is 1. The minimum absolute atomic E-state index is 0.0180. The van der Waals surface area contributed by atoms with Gasteiger partial charge < -0.3 is 9.66 Å². The lowest BCUT2D eigenvalue weighted by Gasteiger charge is -2.32. The van der Waals surface area contributed by atoms with Crippen LogP contribution >= 0.6 is 0 Å². The maximum Gasteiger partial charge on any atom is 0.357 e. The summed E-state index contributed by atoms with van der Waals surface area (Å²) in [6, 6.07) is 9.24. The molecular weight excluding hydrogens is 298 g/mol. The molecule has 1 aromatic rings. The zero-order chi connectivity index (χ0) is 16.3. The van der Waals surface area contributed by atoms with Crippen molar-refractivity contribution in [3.8, 4) is 0 Å². The molecule has 0 saturated heterocycles. The van der Waals surface area contributed by atoms with Gasteiger partial charge in [0.1, 0.15) is 4.75 Å². The van der Waals surface area contributed by atoms with Crippen LogP contribution in [0.1, 0.15) is 26.3 Å². The second kappa shape index (κ2) is 6.42. The fraction of sp³-hybridized carbons (Fsp3) is 0.235. The Balaban J connectivity index is 2.62. The van der Waals surface area contributed by atoms with Crippen molar-refractivity contribution in [2.24, 2.45) is 0 Å². The van der Waals surface area contributed by atoms with Crippen molar-refractivity contribution in [3.05, 3.63) is 66.0 Å². The van der Waals surface area contributed by atoms with Gasteiger partial charge >= 0.3 is 5.97 Å². The van der Waals surface area contributed by atoms with Gasteiger partial charge in [-0.1, -0.05) is 42.5 Å². The average Bonchev–Trinajstić information content (AvgIpc) is 2.68. The summed E-state index contributed by atoms with van der Waals surface area (Å²) in [6.07, 6.45) is 6.74. The molecule has 0 unspecified atom stereocenters. The number of carboxylic acid groups (broad SMARTS) is 1. The topological polar surface area (TPSA) is 63.6 Å². The summed E-state index contributed by atoms with van der Waals surface area (Å²) < 4.78 is 13.5. The van der Waals surface area contributed by atoms with Crippen LogP contribution in [0.4, 0.5) is 0 Å². The fourth-order valence-corrected chi connectivity index (χ4v) is 3.16. The normalized spacial score (nSPS) is 16.6. The molecule has 1 N–H and O–H groups in total. The molecule has 0 fully saturated rings. The standard InChI is InChI=1S/C17H19NO3S/c1-17(2,3)22(21)18-12-8-7-11-14(15(18)16(19)20)13-9-5-4-6-10-13/h4-12H,1-3H3,(H,19,20)/t22-/m1/s1. The molecule has 22 heavy (non-hydrogen) atoms. The van der Waals surface area contributed by atoms with Crippen molar-refractivity contribution in [2.45, 2.75) is 25.5 Å². The molecule has 1 heterocycles. The maximum atomic E-state index is 12.7. The summed E-state index contributed by atoms with van der Waals surface area (Å²) in [4.78, 5) is 11.8. The first-order chi connectivity index (χ1) is 10.3. The minimum Gasteiger partial charge on any atom is -0.592 e. The molecule has 0 radical (unpaired) electrons. The third-order valence-electron chi connectivity index (χ3n) is 3.06. The number of allylic oxidation sites excluding steroid dienone is 4. The van der Waals surface area contributed by atoms with E-state index in [-0.39, 0.29) is 5.70 Å². The number of hydrogen-bond donors (Lipinski definition) is 1. The molecule has 1 atom stereocenters. The molecule has 0 spiro atoms. The lowest BCUT2D eigenvalue weighted by Crippen LogP contribution is -2.41. The molecule has 0 aromatic heterocycles. The number of carboxylic acids is 1. The molecule has 5 heteroatoms. The van der Waals surface area contributed by atoms with Gasteiger partial charge in [-0.15, -0.1) is 0 Å². The van der Waals surface area contributed by atoms with E-state index in [1.54, 1.807) is 24.4 Å². The van der Waals surface area contributed by atoms with Crippen molar-refractivity contribution in [1.29, 1.82) is 0 Å². The number of nitrogens with zero attached hydrogens (tertiary/aromatic N) is 1. The predicted molar refractivity (Wildman–Crippen MR) is 89.0 cm³/mol. The third-order valence-corrected chi connectivity index (χ3v) is 4.77. The Morgan fingerprint density at radius 2 is 1.82 bits per heavy atom. The summed E-state index contributed by atoms with van der Waals surface area (Å²) in [6.45, 7) is 5.45.